The monoisotopic (exact) mass is 470 g/mol. The van der Waals surface area contributed by atoms with E-state index in [-0.39, 0.29) is 24.1 Å². The molecule has 1 aromatic carbocycles. The molecule has 0 saturated carbocycles. The number of likely N-dealkylation sites (tertiary alicyclic amines) is 1. The molecule has 0 spiro atoms. The minimum atomic E-state index is -0.491. The molecule has 2 atom stereocenters. The van der Waals surface area contributed by atoms with Crippen LogP contribution in [-0.2, 0) is 0 Å². The van der Waals surface area contributed by atoms with E-state index in [1.54, 1.807) is 12.1 Å². The van der Waals surface area contributed by atoms with E-state index in [1.807, 2.05) is 31.9 Å². The highest BCUT2D eigenvalue weighted by Gasteiger charge is 2.27. The minimum Gasteiger partial charge on any atom is -0.395 e. The Balaban J connectivity index is 1.89. The number of aromatic nitrogens is 3. The number of primary amides is 1. The molecule has 1 amide bonds. The zero-order valence-electron chi connectivity index (χ0n) is 21.1. The van der Waals surface area contributed by atoms with Crippen LogP contribution in [0.1, 0.15) is 50.0 Å². The topological polar surface area (TPSA) is 133 Å². The first-order valence-electron chi connectivity index (χ1n) is 11.7. The van der Waals surface area contributed by atoms with Crippen LogP contribution in [0.15, 0.2) is 18.2 Å². The summed E-state index contributed by atoms with van der Waals surface area (Å²) in [6.45, 7) is 13.1. The molecule has 2 aromatic rings. The molecular weight excluding hydrogens is 432 g/mol. The Hall–Kier alpha value is -2.98. The Morgan fingerprint density at radius 1 is 1.29 bits per heavy atom. The van der Waals surface area contributed by atoms with Crippen LogP contribution in [-0.4, -0.2) is 76.2 Å². The SMILES string of the molecule is Cc1ccc(C(N)=O)cc1Nc1nc(N[C@@H]2CCN(C(C)CO)C2)nc(N(C)CC(C)(C)C)n1. The predicted octanol–water partition coefficient (Wildman–Crippen LogP) is 2.37. The molecule has 1 unspecified atom stereocenters. The van der Waals surface area contributed by atoms with Crippen molar-refractivity contribution in [2.45, 2.75) is 53.1 Å². The van der Waals surface area contributed by atoms with Crippen molar-refractivity contribution in [3.8, 4) is 0 Å². The van der Waals surface area contributed by atoms with Crippen molar-refractivity contribution in [1.82, 2.24) is 19.9 Å². The fraction of sp³-hybridized carbons (Fsp3) is 0.583. The molecule has 1 aliphatic heterocycles. The summed E-state index contributed by atoms with van der Waals surface area (Å²) >= 11 is 0. The van der Waals surface area contributed by atoms with E-state index in [0.29, 0.717) is 29.1 Å². The van der Waals surface area contributed by atoms with Gasteiger partial charge in [0, 0.05) is 50.0 Å². The van der Waals surface area contributed by atoms with Crippen LogP contribution in [0.3, 0.4) is 0 Å². The second-order valence-corrected chi connectivity index (χ2v) is 10.4. The third kappa shape index (κ3) is 6.77. The van der Waals surface area contributed by atoms with E-state index < -0.39 is 5.91 Å². The van der Waals surface area contributed by atoms with Gasteiger partial charge in [-0.25, -0.2) is 0 Å². The van der Waals surface area contributed by atoms with Crippen LogP contribution in [0, 0.1) is 12.3 Å². The van der Waals surface area contributed by atoms with Gasteiger partial charge in [-0.3, -0.25) is 9.69 Å². The summed E-state index contributed by atoms with van der Waals surface area (Å²) < 4.78 is 0. The molecule has 34 heavy (non-hydrogen) atoms. The fourth-order valence-corrected chi connectivity index (χ4v) is 4.07. The highest BCUT2D eigenvalue weighted by atomic mass is 16.3. The number of amides is 1. The normalized spacial score (nSPS) is 17.4. The van der Waals surface area contributed by atoms with Crippen molar-refractivity contribution in [2.75, 3.05) is 48.8 Å². The van der Waals surface area contributed by atoms with E-state index in [1.165, 1.54) is 0 Å². The van der Waals surface area contributed by atoms with E-state index in [0.717, 1.165) is 31.6 Å². The van der Waals surface area contributed by atoms with Crippen molar-refractivity contribution < 1.29 is 9.90 Å². The number of aliphatic hydroxyl groups is 1. The maximum atomic E-state index is 11.7. The van der Waals surface area contributed by atoms with Crippen molar-refractivity contribution in [3.05, 3.63) is 29.3 Å². The Morgan fingerprint density at radius 3 is 2.65 bits per heavy atom. The van der Waals surface area contributed by atoms with Crippen LogP contribution in [0.2, 0.25) is 0 Å². The second kappa shape index (κ2) is 10.5. The summed E-state index contributed by atoms with van der Waals surface area (Å²) in [5.41, 5.74) is 7.58. The molecule has 1 saturated heterocycles. The van der Waals surface area contributed by atoms with Crippen molar-refractivity contribution in [3.63, 3.8) is 0 Å². The van der Waals surface area contributed by atoms with E-state index >= 15 is 0 Å². The third-order valence-corrected chi connectivity index (χ3v) is 5.89. The van der Waals surface area contributed by atoms with Crippen molar-refractivity contribution in [2.24, 2.45) is 11.1 Å². The molecule has 1 aromatic heterocycles. The number of nitrogens with zero attached hydrogens (tertiary/aromatic N) is 5. The van der Waals surface area contributed by atoms with Gasteiger partial charge in [0.2, 0.25) is 23.8 Å². The van der Waals surface area contributed by atoms with Gasteiger partial charge in [-0.1, -0.05) is 26.8 Å². The highest BCUT2D eigenvalue weighted by Crippen LogP contribution is 2.24. The fourth-order valence-electron chi connectivity index (χ4n) is 4.07. The molecule has 1 fully saturated rings. The first-order chi connectivity index (χ1) is 15.9. The Labute approximate surface area is 202 Å². The number of nitrogens with one attached hydrogen (secondary N) is 2. The summed E-state index contributed by atoms with van der Waals surface area (Å²) in [4.78, 5) is 29.9. The Morgan fingerprint density at radius 2 is 2.00 bits per heavy atom. The van der Waals surface area contributed by atoms with Gasteiger partial charge in [0.1, 0.15) is 0 Å². The van der Waals surface area contributed by atoms with Crippen LogP contribution in [0.5, 0.6) is 0 Å². The molecular formula is C24H38N8O2. The molecule has 186 valence electrons. The molecule has 0 bridgehead atoms. The quantitative estimate of drug-likeness (QED) is 0.436. The number of nitrogens with two attached hydrogens (primary N) is 1. The van der Waals surface area contributed by atoms with Gasteiger partial charge in [-0.15, -0.1) is 0 Å². The van der Waals surface area contributed by atoms with Gasteiger partial charge < -0.3 is 26.4 Å². The molecule has 1 aliphatic rings. The molecule has 0 radical (unpaired) electrons. The number of benzene rings is 1. The third-order valence-electron chi connectivity index (χ3n) is 5.89. The number of rotatable bonds is 9. The Kier molecular flexibility index (Phi) is 7.93. The number of aliphatic hydroxyl groups excluding tert-OH is 1. The molecule has 10 heteroatoms. The largest absolute Gasteiger partial charge is 0.395 e. The Bertz CT molecular complexity index is 1010. The minimum absolute atomic E-state index is 0.0569. The van der Waals surface area contributed by atoms with Gasteiger partial charge in [0.25, 0.3) is 0 Å². The van der Waals surface area contributed by atoms with Gasteiger partial charge in [0.05, 0.1) is 6.61 Å². The molecule has 3 rings (SSSR count). The zero-order valence-corrected chi connectivity index (χ0v) is 21.1. The van der Waals surface area contributed by atoms with Gasteiger partial charge >= 0.3 is 0 Å². The summed E-state index contributed by atoms with van der Waals surface area (Å²) in [5.74, 6) is 0.934. The van der Waals surface area contributed by atoms with Crippen LogP contribution < -0.4 is 21.3 Å². The van der Waals surface area contributed by atoms with Gasteiger partial charge in [-0.05, 0) is 43.4 Å². The van der Waals surface area contributed by atoms with E-state index in [4.69, 9.17) is 10.7 Å². The lowest BCUT2D eigenvalue weighted by Crippen LogP contribution is -2.35. The van der Waals surface area contributed by atoms with Gasteiger partial charge in [0.15, 0.2) is 0 Å². The molecule has 10 nitrogen and oxygen atoms in total. The summed E-state index contributed by atoms with van der Waals surface area (Å²) in [7, 11) is 1.97. The van der Waals surface area contributed by atoms with E-state index in [2.05, 4.69) is 46.3 Å². The van der Waals surface area contributed by atoms with Crippen molar-refractivity contribution >= 4 is 29.4 Å². The average molecular weight is 471 g/mol. The summed E-state index contributed by atoms with van der Waals surface area (Å²) in [6.07, 6.45) is 0.936. The molecule has 5 N–H and O–H groups in total. The second-order valence-electron chi connectivity index (χ2n) is 10.4. The highest BCUT2D eigenvalue weighted by molar-refractivity contribution is 5.94. The number of hydrogen-bond donors (Lipinski definition) is 4. The van der Waals surface area contributed by atoms with Crippen molar-refractivity contribution in [1.29, 1.82) is 0 Å². The summed E-state index contributed by atoms with van der Waals surface area (Å²) in [6, 6.07) is 5.54. The lowest BCUT2D eigenvalue weighted by molar-refractivity contribution is 0.100. The first-order valence-corrected chi connectivity index (χ1v) is 11.7. The predicted molar refractivity (Wildman–Crippen MR) is 136 cm³/mol. The maximum absolute atomic E-state index is 11.7. The van der Waals surface area contributed by atoms with Crippen LogP contribution in [0.4, 0.5) is 23.5 Å². The molecule has 2 heterocycles. The number of carbonyl (C=O) groups is 1. The lowest BCUT2D eigenvalue weighted by Gasteiger charge is -2.27. The van der Waals surface area contributed by atoms with Crippen LogP contribution in [0.25, 0.3) is 0 Å². The maximum Gasteiger partial charge on any atom is 0.248 e. The lowest BCUT2D eigenvalue weighted by atomic mass is 9.96. The number of hydrogen-bond acceptors (Lipinski definition) is 9. The number of carbonyl (C=O) groups excluding carboxylic acids is 1. The zero-order chi connectivity index (χ0) is 25.0. The number of aryl methyl sites for hydroxylation is 1. The van der Waals surface area contributed by atoms with Gasteiger partial charge in [-0.2, -0.15) is 15.0 Å². The van der Waals surface area contributed by atoms with Crippen LogP contribution >= 0.6 is 0 Å². The smallest absolute Gasteiger partial charge is 0.248 e. The van der Waals surface area contributed by atoms with E-state index in [9.17, 15) is 9.90 Å². The average Bonchev–Trinajstić information content (AvgIpc) is 3.21. The standard InChI is InChI=1S/C24H38N8O2/c1-15-7-8-17(20(25)34)11-19(15)27-22-28-21(26-18-9-10-32(12-18)16(2)13-33)29-23(30-22)31(6)14-24(3,4)5/h7-8,11,16,18,33H,9-10,12-14H2,1-6H3,(H2,25,34)(H2,26,27,28,29,30)/t16?,18-/m1/s1. The molecule has 0 aliphatic carbocycles. The first kappa shape index (κ1) is 25.6. The summed E-state index contributed by atoms with van der Waals surface area (Å²) in [5, 5.41) is 16.2. The number of anilines is 4.